The molecule has 0 aliphatic carbocycles. The Kier molecular flexibility index (Phi) is 9.27. The van der Waals surface area contributed by atoms with Crippen molar-refractivity contribution in [1.82, 2.24) is 0 Å². The summed E-state index contributed by atoms with van der Waals surface area (Å²) in [5, 5.41) is 16.5. The Labute approximate surface area is 91.3 Å². The largest absolute Gasteiger partial charge is 0.479 e. The molecule has 0 bridgehead atoms. The van der Waals surface area contributed by atoms with Gasteiger partial charge in [0.15, 0.2) is 5.60 Å². The first-order valence-corrected chi connectivity index (χ1v) is 5.23. The molecule has 0 fully saturated rings. The molecule has 0 aromatic rings. The lowest BCUT2D eigenvalue weighted by molar-refractivity contribution is -0.154. The number of rotatable bonds is 5. The van der Waals surface area contributed by atoms with Crippen molar-refractivity contribution < 1.29 is 19.8 Å². The number of aliphatic carboxylic acids is 1. The van der Waals surface area contributed by atoms with Gasteiger partial charge in [-0.05, 0) is 20.3 Å². The van der Waals surface area contributed by atoms with Crippen LogP contribution >= 0.6 is 0 Å². The molecule has 0 aromatic heterocycles. The van der Waals surface area contributed by atoms with Crippen LogP contribution in [0.3, 0.4) is 0 Å². The molecule has 0 heterocycles. The van der Waals surface area contributed by atoms with Crippen LogP contribution in [-0.2, 0) is 9.59 Å². The normalized spacial score (nSPS) is 10.2. The monoisotopic (exact) mass is 218 g/mol. The number of carboxylic acids is 1. The Hall–Kier alpha value is -0.900. The van der Waals surface area contributed by atoms with E-state index in [1.54, 1.807) is 0 Å². The average Bonchev–Trinajstić information content (AvgIpc) is 2.13. The molecule has 0 amide bonds. The van der Waals surface area contributed by atoms with Gasteiger partial charge in [0.05, 0.1) is 0 Å². The highest BCUT2D eigenvalue weighted by molar-refractivity contribution is 5.77. The van der Waals surface area contributed by atoms with Gasteiger partial charge >= 0.3 is 5.97 Å². The fourth-order valence-corrected chi connectivity index (χ4v) is 0.551. The van der Waals surface area contributed by atoms with E-state index in [2.05, 4.69) is 6.92 Å². The lowest BCUT2D eigenvalue weighted by Gasteiger charge is -2.07. The fraction of sp³-hybridized carbons (Fsp3) is 0.818. The first-order chi connectivity index (χ1) is 6.75. The van der Waals surface area contributed by atoms with Crippen LogP contribution in [0.15, 0.2) is 0 Å². The summed E-state index contributed by atoms with van der Waals surface area (Å²) in [7, 11) is 0. The predicted molar refractivity (Wildman–Crippen MR) is 58.8 cm³/mol. The van der Waals surface area contributed by atoms with Crippen molar-refractivity contribution in [2.75, 3.05) is 0 Å². The van der Waals surface area contributed by atoms with Gasteiger partial charge in [0, 0.05) is 12.8 Å². The van der Waals surface area contributed by atoms with Gasteiger partial charge in [-0.2, -0.15) is 0 Å². The third-order valence-corrected chi connectivity index (χ3v) is 1.73. The predicted octanol–water partition coefficient (Wildman–Crippen LogP) is 2.00. The molecule has 0 spiro atoms. The van der Waals surface area contributed by atoms with Crippen molar-refractivity contribution in [2.45, 2.75) is 59.0 Å². The van der Waals surface area contributed by atoms with Gasteiger partial charge in [0.1, 0.15) is 5.78 Å². The lowest BCUT2D eigenvalue weighted by Crippen LogP contribution is -2.30. The van der Waals surface area contributed by atoms with E-state index < -0.39 is 11.6 Å². The molecule has 4 nitrogen and oxygen atoms in total. The van der Waals surface area contributed by atoms with Gasteiger partial charge in [0.2, 0.25) is 0 Å². The third-order valence-electron chi connectivity index (χ3n) is 1.73. The maximum Gasteiger partial charge on any atom is 0.335 e. The minimum absolute atomic E-state index is 0.395. The van der Waals surface area contributed by atoms with E-state index >= 15 is 0 Å². The molecule has 0 aromatic carbocycles. The van der Waals surface area contributed by atoms with Crippen molar-refractivity contribution in [2.24, 2.45) is 0 Å². The van der Waals surface area contributed by atoms with Crippen LogP contribution in [0, 0.1) is 0 Å². The maximum atomic E-state index is 10.6. The molecule has 15 heavy (non-hydrogen) atoms. The van der Waals surface area contributed by atoms with E-state index in [0.29, 0.717) is 12.2 Å². The Bertz CT molecular complexity index is 191. The van der Waals surface area contributed by atoms with Crippen LogP contribution in [0.25, 0.3) is 0 Å². The van der Waals surface area contributed by atoms with E-state index in [9.17, 15) is 9.59 Å². The number of aliphatic hydroxyl groups is 1. The average molecular weight is 218 g/mol. The SMILES string of the molecule is CC(C)(O)C(=O)O.CCCCC(=O)CC. The van der Waals surface area contributed by atoms with Gasteiger partial charge in [0.25, 0.3) is 0 Å². The first-order valence-electron chi connectivity index (χ1n) is 5.23. The van der Waals surface area contributed by atoms with Crippen LogP contribution in [0.5, 0.6) is 0 Å². The van der Waals surface area contributed by atoms with Crippen molar-refractivity contribution in [1.29, 1.82) is 0 Å². The van der Waals surface area contributed by atoms with Crippen LogP contribution in [0.2, 0.25) is 0 Å². The molecule has 90 valence electrons. The second kappa shape index (κ2) is 8.41. The number of hydrogen-bond donors (Lipinski definition) is 2. The molecule has 0 saturated heterocycles. The van der Waals surface area contributed by atoms with Crippen LogP contribution in [0.4, 0.5) is 0 Å². The third kappa shape index (κ3) is 13.1. The van der Waals surface area contributed by atoms with Crippen molar-refractivity contribution in [3.63, 3.8) is 0 Å². The second-order valence-electron chi connectivity index (χ2n) is 3.86. The Morgan fingerprint density at radius 1 is 1.20 bits per heavy atom. The van der Waals surface area contributed by atoms with Gasteiger partial charge in [-0.15, -0.1) is 0 Å². The zero-order chi connectivity index (χ0) is 12.5. The number of unbranched alkanes of at least 4 members (excludes halogenated alkanes) is 1. The highest BCUT2D eigenvalue weighted by Crippen LogP contribution is 1.98. The summed E-state index contributed by atoms with van der Waals surface area (Å²) in [6.07, 6.45) is 3.69. The molecule has 2 N–H and O–H groups in total. The zero-order valence-corrected chi connectivity index (χ0v) is 10.0. The molecule has 0 atom stereocenters. The molecule has 0 aliphatic rings. The van der Waals surface area contributed by atoms with Gasteiger partial charge in [-0.1, -0.05) is 20.3 Å². The Morgan fingerprint density at radius 2 is 1.60 bits per heavy atom. The van der Waals surface area contributed by atoms with Crippen LogP contribution in [0.1, 0.15) is 53.4 Å². The van der Waals surface area contributed by atoms with E-state index in [0.717, 1.165) is 19.3 Å². The maximum absolute atomic E-state index is 10.6. The van der Waals surface area contributed by atoms with E-state index in [4.69, 9.17) is 10.2 Å². The highest BCUT2D eigenvalue weighted by atomic mass is 16.4. The number of carbonyl (C=O) groups is 2. The van der Waals surface area contributed by atoms with Crippen LogP contribution < -0.4 is 0 Å². The molecule has 0 unspecified atom stereocenters. The second-order valence-corrected chi connectivity index (χ2v) is 3.86. The molecular formula is C11H22O4. The standard InChI is InChI=1S/C7H14O.C4H8O3/c1-3-5-6-7(8)4-2;1-4(2,7)3(5)6/h3-6H2,1-2H3;7H,1-2H3,(H,5,6). The summed E-state index contributed by atoms with van der Waals surface area (Å²) in [4.78, 5) is 20.3. The Balaban J connectivity index is 0. The number of carboxylic acid groups (broad SMARTS) is 1. The molecule has 0 rings (SSSR count). The number of Topliss-reactive ketones (excluding diaryl/α,β-unsaturated/α-hetero) is 1. The summed E-state index contributed by atoms with van der Waals surface area (Å²) in [5.41, 5.74) is -1.58. The van der Waals surface area contributed by atoms with Gasteiger partial charge in [-0.25, -0.2) is 4.79 Å². The van der Waals surface area contributed by atoms with E-state index in [1.807, 2.05) is 6.92 Å². The number of ketones is 1. The van der Waals surface area contributed by atoms with Crippen molar-refractivity contribution >= 4 is 11.8 Å². The van der Waals surface area contributed by atoms with E-state index in [-0.39, 0.29) is 0 Å². The first kappa shape index (κ1) is 16.5. The minimum atomic E-state index is -1.58. The van der Waals surface area contributed by atoms with Crippen molar-refractivity contribution in [3.8, 4) is 0 Å². The molecule has 0 aliphatic heterocycles. The Morgan fingerprint density at radius 3 is 1.80 bits per heavy atom. The highest BCUT2D eigenvalue weighted by Gasteiger charge is 2.21. The molecular weight excluding hydrogens is 196 g/mol. The topological polar surface area (TPSA) is 74.6 Å². The summed E-state index contributed by atoms with van der Waals surface area (Å²) in [5.74, 6) is -0.806. The van der Waals surface area contributed by atoms with E-state index in [1.165, 1.54) is 13.8 Å². The summed E-state index contributed by atoms with van der Waals surface area (Å²) in [6, 6.07) is 0. The van der Waals surface area contributed by atoms with Crippen LogP contribution in [-0.4, -0.2) is 27.6 Å². The molecule has 0 radical (unpaired) electrons. The minimum Gasteiger partial charge on any atom is -0.479 e. The zero-order valence-electron chi connectivity index (χ0n) is 10.0. The van der Waals surface area contributed by atoms with Crippen molar-refractivity contribution in [3.05, 3.63) is 0 Å². The summed E-state index contributed by atoms with van der Waals surface area (Å²) in [6.45, 7) is 6.45. The molecule has 4 heteroatoms. The molecule has 0 saturated carbocycles. The van der Waals surface area contributed by atoms with Gasteiger partial charge < -0.3 is 10.2 Å². The number of carbonyl (C=O) groups excluding carboxylic acids is 1. The lowest BCUT2D eigenvalue weighted by atomic mass is 10.1. The number of hydrogen-bond acceptors (Lipinski definition) is 3. The van der Waals surface area contributed by atoms with Gasteiger partial charge in [-0.3, -0.25) is 4.79 Å². The summed E-state index contributed by atoms with van der Waals surface area (Å²) < 4.78 is 0. The quantitative estimate of drug-likeness (QED) is 0.740. The fourth-order valence-electron chi connectivity index (χ4n) is 0.551. The smallest absolute Gasteiger partial charge is 0.335 e. The summed E-state index contributed by atoms with van der Waals surface area (Å²) >= 11 is 0.